The lowest BCUT2D eigenvalue weighted by Gasteiger charge is -2.14. The van der Waals surface area contributed by atoms with Crippen molar-refractivity contribution in [1.82, 2.24) is 20.3 Å². The van der Waals surface area contributed by atoms with Crippen molar-refractivity contribution in [2.45, 2.75) is 71.8 Å². The zero-order chi connectivity index (χ0) is 23.1. The summed E-state index contributed by atoms with van der Waals surface area (Å²) in [5.74, 6) is 1.95. The number of benzene rings is 1. The molecular weight excluding hydrogens is 414 g/mol. The van der Waals surface area contributed by atoms with E-state index in [1.165, 1.54) is 0 Å². The van der Waals surface area contributed by atoms with E-state index in [1.54, 1.807) is 20.0 Å². The van der Waals surface area contributed by atoms with E-state index in [0.29, 0.717) is 31.5 Å². The second kappa shape index (κ2) is 10.8. The number of hydrogen-bond acceptors (Lipinski definition) is 5. The van der Waals surface area contributed by atoms with E-state index in [2.05, 4.69) is 46.1 Å². The van der Waals surface area contributed by atoms with Gasteiger partial charge in [0.25, 0.3) is 0 Å². The SMILES string of the molecule is CCNC(=NCc1ccccc1CS(=O)(=O)NC(C)C)NCc1ncc(C(C)(C)C)o1. The molecule has 0 fully saturated rings. The van der Waals surface area contributed by atoms with Gasteiger partial charge in [0.15, 0.2) is 5.96 Å². The van der Waals surface area contributed by atoms with Crippen LogP contribution in [0.3, 0.4) is 0 Å². The standard InChI is InChI=1S/C22H35N5O3S/c1-7-23-21(26-14-20-24-13-19(30-20)22(4,5)6)25-12-17-10-8-9-11-18(17)15-31(28,29)27-16(2)3/h8-11,13,16,27H,7,12,14-15H2,1-6H3,(H2,23,25,26). The molecule has 9 heteroatoms. The summed E-state index contributed by atoms with van der Waals surface area (Å²) in [5.41, 5.74) is 1.50. The van der Waals surface area contributed by atoms with Gasteiger partial charge in [-0.25, -0.2) is 23.1 Å². The molecule has 31 heavy (non-hydrogen) atoms. The van der Waals surface area contributed by atoms with Crippen LogP contribution in [-0.2, 0) is 34.3 Å². The highest BCUT2D eigenvalue weighted by molar-refractivity contribution is 7.88. The average molecular weight is 450 g/mol. The zero-order valence-electron chi connectivity index (χ0n) is 19.3. The van der Waals surface area contributed by atoms with Gasteiger partial charge in [-0.2, -0.15) is 0 Å². The van der Waals surface area contributed by atoms with Crippen molar-refractivity contribution in [2.75, 3.05) is 6.54 Å². The van der Waals surface area contributed by atoms with Crippen LogP contribution in [-0.4, -0.2) is 31.9 Å². The molecule has 2 aromatic rings. The number of nitrogens with zero attached hydrogens (tertiary/aromatic N) is 2. The summed E-state index contributed by atoms with van der Waals surface area (Å²) >= 11 is 0. The van der Waals surface area contributed by atoms with Crippen LogP contribution in [0.1, 0.15) is 64.3 Å². The number of aliphatic imine (C=N–C) groups is 1. The number of sulfonamides is 1. The highest BCUT2D eigenvalue weighted by atomic mass is 32.2. The molecule has 0 atom stereocenters. The Morgan fingerprint density at radius 1 is 1.16 bits per heavy atom. The molecule has 0 unspecified atom stereocenters. The fourth-order valence-electron chi connectivity index (χ4n) is 2.86. The van der Waals surface area contributed by atoms with Crippen molar-refractivity contribution in [3.8, 4) is 0 Å². The Morgan fingerprint density at radius 2 is 1.84 bits per heavy atom. The summed E-state index contributed by atoms with van der Waals surface area (Å²) in [6.45, 7) is 13.3. The highest BCUT2D eigenvalue weighted by Crippen LogP contribution is 2.22. The number of guanidine groups is 1. The van der Waals surface area contributed by atoms with Crippen molar-refractivity contribution in [1.29, 1.82) is 0 Å². The lowest BCUT2D eigenvalue weighted by molar-refractivity contribution is 0.379. The predicted octanol–water partition coefficient (Wildman–Crippen LogP) is 3.06. The van der Waals surface area contributed by atoms with Crippen LogP contribution in [0.2, 0.25) is 0 Å². The van der Waals surface area contributed by atoms with E-state index >= 15 is 0 Å². The Morgan fingerprint density at radius 3 is 2.42 bits per heavy atom. The minimum Gasteiger partial charge on any atom is -0.443 e. The molecule has 0 saturated heterocycles. The molecule has 1 heterocycles. The topological polar surface area (TPSA) is 109 Å². The van der Waals surface area contributed by atoms with Gasteiger partial charge < -0.3 is 15.1 Å². The molecule has 1 aromatic carbocycles. The van der Waals surface area contributed by atoms with Gasteiger partial charge in [-0.1, -0.05) is 45.0 Å². The van der Waals surface area contributed by atoms with Crippen LogP contribution < -0.4 is 15.4 Å². The third kappa shape index (κ3) is 8.34. The normalized spacial score (nSPS) is 12.9. The molecule has 8 nitrogen and oxygen atoms in total. The van der Waals surface area contributed by atoms with Crippen molar-refractivity contribution in [2.24, 2.45) is 4.99 Å². The summed E-state index contributed by atoms with van der Waals surface area (Å²) < 4.78 is 33.1. The minimum absolute atomic E-state index is 0.0766. The smallest absolute Gasteiger partial charge is 0.216 e. The summed E-state index contributed by atoms with van der Waals surface area (Å²) in [7, 11) is -3.41. The maximum absolute atomic E-state index is 12.3. The third-order valence-corrected chi connectivity index (χ3v) is 5.85. The van der Waals surface area contributed by atoms with Crippen LogP contribution >= 0.6 is 0 Å². The van der Waals surface area contributed by atoms with Gasteiger partial charge in [-0.05, 0) is 31.9 Å². The first-order chi connectivity index (χ1) is 14.5. The van der Waals surface area contributed by atoms with E-state index in [4.69, 9.17) is 4.42 Å². The summed E-state index contributed by atoms with van der Waals surface area (Å²) in [4.78, 5) is 8.94. The Bertz CT molecular complexity index is 975. The molecule has 0 radical (unpaired) electrons. The Balaban J connectivity index is 2.09. The molecule has 0 aliphatic rings. The number of nitrogens with one attached hydrogen (secondary N) is 3. The van der Waals surface area contributed by atoms with Crippen molar-refractivity contribution in [3.05, 3.63) is 53.2 Å². The number of oxazole rings is 1. The quantitative estimate of drug-likeness (QED) is 0.401. The van der Waals surface area contributed by atoms with E-state index in [1.807, 2.05) is 31.2 Å². The highest BCUT2D eigenvalue weighted by Gasteiger charge is 2.19. The number of aromatic nitrogens is 1. The first-order valence-corrected chi connectivity index (χ1v) is 12.2. The first kappa shape index (κ1) is 24.9. The van der Waals surface area contributed by atoms with E-state index < -0.39 is 10.0 Å². The maximum Gasteiger partial charge on any atom is 0.216 e. The maximum atomic E-state index is 12.3. The van der Waals surface area contributed by atoms with Gasteiger partial charge in [0, 0.05) is 18.0 Å². The monoisotopic (exact) mass is 449 g/mol. The van der Waals surface area contributed by atoms with Gasteiger partial charge in [-0.15, -0.1) is 0 Å². The molecule has 172 valence electrons. The van der Waals surface area contributed by atoms with Gasteiger partial charge >= 0.3 is 0 Å². The van der Waals surface area contributed by atoms with Crippen LogP contribution in [0.5, 0.6) is 0 Å². The Hall–Kier alpha value is -2.39. The average Bonchev–Trinajstić information content (AvgIpc) is 3.13. The number of rotatable bonds is 9. The molecule has 0 bridgehead atoms. The molecule has 0 aliphatic heterocycles. The van der Waals surface area contributed by atoms with Crippen molar-refractivity contribution < 1.29 is 12.8 Å². The molecule has 3 N–H and O–H groups in total. The molecule has 2 rings (SSSR count). The minimum atomic E-state index is -3.41. The first-order valence-electron chi connectivity index (χ1n) is 10.5. The Kier molecular flexibility index (Phi) is 8.64. The van der Waals surface area contributed by atoms with Crippen LogP contribution in [0.4, 0.5) is 0 Å². The molecule has 0 amide bonds. The lowest BCUT2D eigenvalue weighted by atomic mass is 9.94. The zero-order valence-corrected chi connectivity index (χ0v) is 20.1. The molecular formula is C22H35N5O3S. The van der Waals surface area contributed by atoms with Gasteiger partial charge in [-0.3, -0.25) is 0 Å². The van der Waals surface area contributed by atoms with E-state index in [9.17, 15) is 8.42 Å². The molecule has 0 spiro atoms. The molecule has 0 aliphatic carbocycles. The lowest BCUT2D eigenvalue weighted by Crippen LogP contribution is -2.37. The van der Waals surface area contributed by atoms with Gasteiger partial charge in [0.1, 0.15) is 5.76 Å². The van der Waals surface area contributed by atoms with E-state index in [0.717, 1.165) is 16.9 Å². The summed E-state index contributed by atoms with van der Waals surface area (Å²) in [6.07, 6.45) is 1.75. The fourth-order valence-corrected chi connectivity index (χ4v) is 4.35. The van der Waals surface area contributed by atoms with Crippen LogP contribution in [0.25, 0.3) is 0 Å². The largest absolute Gasteiger partial charge is 0.443 e. The number of hydrogen-bond donors (Lipinski definition) is 3. The summed E-state index contributed by atoms with van der Waals surface area (Å²) in [6, 6.07) is 7.31. The van der Waals surface area contributed by atoms with E-state index in [-0.39, 0.29) is 17.2 Å². The second-order valence-electron chi connectivity index (χ2n) is 8.72. The fraction of sp³-hybridized carbons (Fsp3) is 0.545. The Labute approximate surface area is 186 Å². The molecule has 0 saturated carbocycles. The second-order valence-corrected chi connectivity index (χ2v) is 10.5. The van der Waals surface area contributed by atoms with Crippen LogP contribution in [0, 0.1) is 0 Å². The predicted molar refractivity (Wildman–Crippen MR) is 124 cm³/mol. The van der Waals surface area contributed by atoms with Gasteiger partial charge in [0.2, 0.25) is 15.9 Å². The summed E-state index contributed by atoms with van der Waals surface area (Å²) in [5, 5.41) is 6.41. The van der Waals surface area contributed by atoms with Crippen molar-refractivity contribution in [3.63, 3.8) is 0 Å². The molecule has 1 aromatic heterocycles. The van der Waals surface area contributed by atoms with Crippen LogP contribution in [0.15, 0.2) is 39.9 Å². The third-order valence-electron chi connectivity index (χ3n) is 4.33. The van der Waals surface area contributed by atoms with Crippen molar-refractivity contribution >= 4 is 16.0 Å². The van der Waals surface area contributed by atoms with Gasteiger partial charge in [0.05, 0.1) is 25.0 Å².